The van der Waals surface area contributed by atoms with Gasteiger partial charge >= 0.3 is 0 Å². The van der Waals surface area contributed by atoms with Gasteiger partial charge in [0, 0.05) is 22.5 Å². The number of aromatic nitrogens is 1. The van der Waals surface area contributed by atoms with Gasteiger partial charge in [0.05, 0.1) is 16.9 Å². The summed E-state index contributed by atoms with van der Waals surface area (Å²) in [6.07, 6.45) is 6.40. The molecule has 2 unspecified atom stereocenters. The molecule has 2 rings (SSSR count). The third-order valence-electron chi connectivity index (χ3n) is 5.90. The first-order chi connectivity index (χ1) is 15.6. The molecule has 0 amide bonds. The van der Waals surface area contributed by atoms with Crippen molar-refractivity contribution >= 4 is 22.3 Å². The van der Waals surface area contributed by atoms with Crippen molar-refractivity contribution in [1.82, 2.24) is 4.98 Å². The number of aryl methyl sites for hydroxylation is 1. The minimum Gasteiger partial charge on any atom is -0.510 e. The van der Waals surface area contributed by atoms with Crippen molar-refractivity contribution in [1.29, 1.82) is 0 Å². The van der Waals surface area contributed by atoms with Crippen molar-refractivity contribution < 1.29 is 5.11 Å². The van der Waals surface area contributed by atoms with Gasteiger partial charge in [0.1, 0.15) is 11.8 Å². The molecule has 2 atom stereocenters. The van der Waals surface area contributed by atoms with Crippen LogP contribution in [0.25, 0.3) is 10.9 Å². The second-order valence-corrected chi connectivity index (χ2v) is 8.78. The lowest BCUT2D eigenvalue weighted by molar-refractivity contribution is 0.377. The summed E-state index contributed by atoms with van der Waals surface area (Å²) in [4.78, 5) is 6.80. The Morgan fingerprint density at radius 1 is 1.18 bits per heavy atom. The number of pyridine rings is 1. The fraction of sp³-hybridized carbons (Fsp3) is 0.345. The first-order valence-electron chi connectivity index (χ1n) is 11.6. The topological polar surface area (TPSA) is 48.4 Å². The zero-order valence-corrected chi connectivity index (χ0v) is 20.9. The molecule has 2 aromatic rings. The van der Waals surface area contributed by atoms with Crippen LogP contribution in [0.3, 0.4) is 0 Å². The standard InChI is InChI=1S/C29H39N3O/c1-10-13-24(12-3)31-28-25-15-14-21(7)30-26(25)16-17-27(28)32(22(8)18-20(6)11-2)29(19(4)5)23(9)33/h10,13-17,20,29,31,33H,1,4,8-9,11-12,18H2,2-3,5-7H3/b24-13+. The van der Waals surface area contributed by atoms with Gasteiger partial charge in [-0.1, -0.05) is 65.2 Å². The van der Waals surface area contributed by atoms with Crippen molar-refractivity contribution in [3.8, 4) is 0 Å². The maximum Gasteiger partial charge on any atom is 0.112 e. The van der Waals surface area contributed by atoms with Crippen molar-refractivity contribution in [2.75, 3.05) is 10.2 Å². The molecule has 0 radical (unpaired) electrons. The lowest BCUT2D eigenvalue weighted by atomic mass is 9.98. The number of anilines is 2. The maximum atomic E-state index is 10.6. The number of nitrogens with zero attached hydrogens (tertiary/aromatic N) is 2. The molecule has 0 saturated heterocycles. The number of fused-ring (bicyclic) bond motifs is 1. The molecule has 0 bridgehead atoms. The summed E-state index contributed by atoms with van der Waals surface area (Å²) in [6.45, 7) is 26.7. The highest BCUT2D eigenvalue weighted by molar-refractivity contribution is 6.00. The van der Waals surface area contributed by atoms with Crippen LogP contribution in [-0.2, 0) is 0 Å². The van der Waals surface area contributed by atoms with E-state index in [4.69, 9.17) is 4.98 Å². The Balaban J connectivity index is 2.85. The minimum atomic E-state index is -0.494. The molecule has 33 heavy (non-hydrogen) atoms. The first-order valence-corrected chi connectivity index (χ1v) is 11.6. The van der Waals surface area contributed by atoms with E-state index in [1.165, 1.54) is 0 Å². The fourth-order valence-electron chi connectivity index (χ4n) is 3.97. The molecule has 4 nitrogen and oxygen atoms in total. The zero-order valence-electron chi connectivity index (χ0n) is 20.9. The first kappa shape index (κ1) is 26.0. The molecule has 176 valence electrons. The number of nitrogens with one attached hydrogen (secondary N) is 1. The summed E-state index contributed by atoms with van der Waals surface area (Å²) in [7, 11) is 0. The Kier molecular flexibility index (Phi) is 9.10. The van der Waals surface area contributed by atoms with Crippen LogP contribution in [0.4, 0.5) is 11.4 Å². The van der Waals surface area contributed by atoms with Crippen LogP contribution in [0.1, 0.15) is 52.7 Å². The highest BCUT2D eigenvalue weighted by Gasteiger charge is 2.28. The fourth-order valence-corrected chi connectivity index (χ4v) is 3.97. The molecule has 0 fully saturated rings. The molecule has 1 aromatic heterocycles. The Labute approximate surface area is 199 Å². The SMILES string of the molecule is C=C/C=C(\CC)Nc1c(N(C(=C)CC(C)CC)C(C(=C)C)C(=C)O)ccc2nc(C)ccc12. The predicted molar refractivity (Wildman–Crippen MR) is 145 cm³/mol. The van der Waals surface area contributed by atoms with Crippen molar-refractivity contribution in [3.05, 3.63) is 91.2 Å². The second-order valence-electron chi connectivity index (χ2n) is 8.78. The third kappa shape index (κ3) is 6.16. The normalized spacial score (nSPS) is 13.3. The van der Waals surface area contributed by atoms with Gasteiger partial charge in [-0.15, -0.1) is 0 Å². The van der Waals surface area contributed by atoms with E-state index in [2.05, 4.69) is 63.4 Å². The van der Waals surface area contributed by atoms with Crippen LogP contribution in [0.5, 0.6) is 0 Å². The van der Waals surface area contributed by atoms with Crippen LogP contribution < -0.4 is 10.2 Å². The van der Waals surface area contributed by atoms with Gasteiger partial charge < -0.3 is 15.3 Å². The molecule has 0 aliphatic rings. The van der Waals surface area contributed by atoms with E-state index in [0.29, 0.717) is 5.92 Å². The molecule has 2 N–H and O–H groups in total. The number of hydrogen-bond acceptors (Lipinski definition) is 4. The Bertz CT molecular complexity index is 1070. The monoisotopic (exact) mass is 445 g/mol. The average Bonchev–Trinajstić information content (AvgIpc) is 2.76. The molecular weight excluding hydrogens is 406 g/mol. The summed E-state index contributed by atoms with van der Waals surface area (Å²) in [5.74, 6) is 0.490. The van der Waals surface area contributed by atoms with Gasteiger partial charge in [-0.2, -0.15) is 0 Å². The van der Waals surface area contributed by atoms with E-state index in [1.54, 1.807) is 6.08 Å². The minimum absolute atomic E-state index is 0.0400. The molecular formula is C29H39N3O. The van der Waals surface area contributed by atoms with Gasteiger partial charge in [0.25, 0.3) is 0 Å². The quantitative estimate of drug-likeness (QED) is 0.196. The van der Waals surface area contributed by atoms with Crippen molar-refractivity contribution in [2.24, 2.45) is 5.92 Å². The number of benzene rings is 1. The van der Waals surface area contributed by atoms with Crippen LogP contribution in [0.2, 0.25) is 0 Å². The molecule has 0 spiro atoms. The van der Waals surface area contributed by atoms with Crippen LogP contribution in [0.15, 0.2) is 85.5 Å². The van der Waals surface area contributed by atoms with E-state index in [1.807, 2.05) is 38.1 Å². The highest BCUT2D eigenvalue weighted by Crippen LogP contribution is 2.40. The van der Waals surface area contributed by atoms with Crippen molar-refractivity contribution in [3.63, 3.8) is 0 Å². The van der Waals surface area contributed by atoms with Gasteiger partial charge in [0.2, 0.25) is 0 Å². The molecule has 0 aliphatic carbocycles. The van der Waals surface area contributed by atoms with E-state index in [9.17, 15) is 5.11 Å². The number of aliphatic hydroxyl groups is 1. The Morgan fingerprint density at radius 3 is 2.42 bits per heavy atom. The number of rotatable bonds is 12. The van der Waals surface area contributed by atoms with E-state index in [0.717, 1.165) is 64.2 Å². The number of hydrogen-bond donors (Lipinski definition) is 2. The number of aliphatic hydroxyl groups excluding tert-OH is 1. The zero-order chi connectivity index (χ0) is 24.7. The summed E-state index contributed by atoms with van der Waals surface area (Å²) < 4.78 is 0. The molecule has 1 aromatic carbocycles. The van der Waals surface area contributed by atoms with Gasteiger partial charge in [-0.25, -0.2) is 0 Å². The van der Waals surface area contributed by atoms with Crippen LogP contribution in [-0.4, -0.2) is 16.1 Å². The molecule has 1 heterocycles. The average molecular weight is 446 g/mol. The lowest BCUT2D eigenvalue weighted by Gasteiger charge is -2.37. The van der Waals surface area contributed by atoms with Gasteiger partial charge in [0.15, 0.2) is 0 Å². The van der Waals surface area contributed by atoms with E-state index >= 15 is 0 Å². The van der Waals surface area contributed by atoms with Crippen molar-refractivity contribution in [2.45, 2.75) is 59.9 Å². The summed E-state index contributed by atoms with van der Waals surface area (Å²) in [6, 6.07) is 7.67. The van der Waals surface area contributed by atoms with E-state index < -0.39 is 6.04 Å². The van der Waals surface area contributed by atoms with E-state index in [-0.39, 0.29) is 5.76 Å². The third-order valence-corrected chi connectivity index (χ3v) is 5.90. The highest BCUT2D eigenvalue weighted by atomic mass is 16.3. The summed E-state index contributed by atoms with van der Waals surface area (Å²) in [5.41, 5.74) is 6.39. The Hall–Kier alpha value is -3.27. The summed E-state index contributed by atoms with van der Waals surface area (Å²) in [5, 5.41) is 15.2. The Morgan fingerprint density at radius 2 is 1.88 bits per heavy atom. The van der Waals surface area contributed by atoms with Crippen LogP contribution >= 0.6 is 0 Å². The van der Waals surface area contributed by atoms with Crippen LogP contribution in [0, 0.1) is 12.8 Å². The predicted octanol–water partition coefficient (Wildman–Crippen LogP) is 8.21. The molecule has 0 saturated carbocycles. The smallest absolute Gasteiger partial charge is 0.112 e. The molecule has 4 heteroatoms. The number of allylic oxidation sites excluding steroid dienone is 4. The second kappa shape index (κ2) is 11.6. The van der Waals surface area contributed by atoms with Gasteiger partial charge in [-0.3, -0.25) is 4.98 Å². The lowest BCUT2D eigenvalue weighted by Crippen LogP contribution is -2.37. The maximum absolute atomic E-state index is 10.6. The summed E-state index contributed by atoms with van der Waals surface area (Å²) >= 11 is 0. The van der Waals surface area contributed by atoms with Gasteiger partial charge in [-0.05, 0) is 62.9 Å². The largest absolute Gasteiger partial charge is 0.510 e. The molecule has 0 aliphatic heterocycles.